The van der Waals surface area contributed by atoms with Crippen molar-refractivity contribution in [3.05, 3.63) is 60.2 Å². The van der Waals surface area contributed by atoms with Crippen LogP contribution in [0.25, 0.3) is 0 Å². The third-order valence-corrected chi connectivity index (χ3v) is 7.04. The van der Waals surface area contributed by atoms with Gasteiger partial charge >= 0.3 is 0 Å². The lowest BCUT2D eigenvalue weighted by Crippen LogP contribution is -2.49. The van der Waals surface area contributed by atoms with E-state index in [1.54, 1.807) is 29.2 Å². The molecule has 0 spiro atoms. The molecule has 0 bridgehead atoms. The van der Waals surface area contributed by atoms with E-state index in [2.05, 4.69) is 19.2 Å². The summed E-state index contributed by atoms with van der Waals surface area (Å²) in [4.78, 5) is 41.4. The Labute approximate surface area is 207 Å². The first-order valence-corrected chi connectivity index (χ1v) is 12.6. The molecular formula is C28H35N3O4. The zero-order valence-corrected chi connectivity index (χ0v) is 20.6. The summed E-state index contributed by atoms with van der Waals surface area (Å²) in [7, 11) is 0. The van der Waals surface area contributed by atoms with Crippen LogP contribution in [0.1, 0.15) is 45.1 Å². The van der Waals surface area contributed by atoms with Crippen LogP contribution in [0.3, 0.4) is 0 Å². The fraction of sp³-hybridized carbons (Fsp3) is 0.464. The minimum absolute atomic E-state index is 0.00188. The summed E-state index contributed by atoms with van der Waals surface area (Å²) < 4.78 is 5.74. The largest absolute Gasteiger partial charge is 0.484 e. The smallest absolute Gasteiger partial charge is 0.260 e. The van der Waals surface area contributed by atoms with Crippen LogP contribution in [0.5, 0.6) is 5.75 Å². The van der Waals surface area contributed by atoms with Crippen LogP contribution in [0.15, 0.2) is 54.6 Å². The van der Waals surface area contributed by atoms with E-state index < -0.39 is 0 Å². The van der Waals surface area contributed by atoms with E-state index in [-0.39, 0.29) is 48.8 Å². The van der Waals surface area contributed by atoms with Crippen LogP contribution in [0, 0.1) is 5.92 Å². The molecule has 2 aliphatic heterocycles. The number of hydrogen-bond acceptors (Lipinski definition) is 4. The second kappa shape index (κ2) is 11.4. The fourth-order valence-corrected chi connectivity index (χ4v) is 5.11. The number of likely N-dealkylation sites (tertiary alicyclic amines) is 1. The minimum Gasteiger partial charge on any atom is -0.484 e. The van der Waals surface area contributed by atoms with E-state index in [9.17, 15) is 14.4 Å². The molecule has 2 aromatic carbocycles. The quantitative estimate of drug-likeness (QED) is 0.631. The molecule has 35 heavy (non-hydrogen) atoms. The van der Waals surface area contributed by atoms with Crippen molar-refractivity contribution < 1.29 is 19.1 Å². The lowest BCUT2D eigenvalue weighted by molar-refractivity contribution is -0.139. The molecule has 3 atom stereocenters. The predicted molar refractivity (Wildman–Crippen MR) is 135 cm³/mol. The summed E-state index contributed by atoms with van der Waals surface area (Å²) in [6, 6.07) is 17.6. The number of nitrogens with zero attached hydrogens (tertiary/aromatic N) is 2. The van der Waals surface area contributed by atoms with Gasteiger partial charge in [0, 0.05) is 37.3 Å². The third kappa shape index (κ3) is 6.21. The number of rotatable bonds is 8. The first-order chi connectivity index (χ1) is 16.9. The summed E-state index contributed by atoms with van der Waals surface area (Å²) in [6.07, 6.45) is 4.17. The van der Waals surface area contributed by atoms with Gasteiger partial charge in [0.1, 0.15) is 5.75 Å². The van der Waals surface area contributed by atoms with Crippen LogP contribution < -0.4 is 15.0 Å². The summed E-state index contributed by atoms with van der Waals surface area (Å²) in [5, 5.41) is 2.96. The Hall–Kier alpha value is -3.35. The Kier molecular flexibility index (Phi) is 8.06. The molecule has 0 saturated carbocycles. The number of benzene rings is 2. The van der Waals surface area contributed by atoms with E-state index in [0.29, 0.717) is 18.8 Å². The van der Waals surface area contributed by atoms with Crippen LogP contribution in [0.4, 0.5) is 5.69 Å². The molecule has 7 nitrogen and oxygen atoms in total. The zero-order valence-electron chi connectivity index (χ0n) is 20.6. The highest BCUT2D eigenvalue weighted by Gasteiger charge is 2.35. The van der Waals surface area contributed by atoms with Crippen molar-refractivity contribution in [2.24, 2.45) is 5.92 Å². The molecule has 0 radical (unpaired) electrons. The first-order valence-electron chi connectivity index (χ1n) is 12.6. The van der Waals surface area contributed by atoms with Crippen molar-refractivity contribution in [1.29, 1.82) is 0 Å². The maximum absolute atomic E-state index is 12.7. The maximum Gasteiger partial charge on any atom is 0.260 e. The highest BCUT2D eigenvalue weighted by molar-refractivity contribution is 6.00. The lowest BCUT2D eigenvalue weighted by Gasteiger charge is -2.38. The van der Waals surface area contributed by atoms with E-state index in [4.69, 9.17) is 4.74 Å². The van der Waals surface area contributed by atoms with Gasteiger partial charge in [0.05, 0.1) is 5.92 Å². The van der Waals surface area contributed by atoms with Crippen molar-refractivity contribution in [1.82, 2.24) is 10.2 Å². The Morgan fingerprint density at radius 2 is 1.69 bits per heavy atom. The van der Waals surface area contributed by atoms with Gasteiger partial charge in [-0.05, 0) is 69.4 Å². The molecule has 2 heterocycles. The van der Waals surface area contributed by atoms with Gasteiger partial charge in [-0.3, -0.25) is 14.4 Å². The van der Waals surface area contributed by atoms with Gasteiger partial charge < -0.3 is 19.9 Å². The molecule has 0 aliphatic carbocycles. The number of carbonyl (C=O) groups excluding carboxylic acids is 3. The summed E-state index contributed by atoms with van der Waals surface area (Å²) in [6.45, 7) is 5.09. The molecule has 2 fully saturated rings. The lowest BCUT2D eigenvalue weighted by atomic mass is 9.97. The number of hydrogen-bond donors (Lipinski definition) is 1. The van der Waals surface area contributed by atoms with Crippen molar-refractivity contribution in [3.63, 3.8) is 0 Å². The van der Waals surface area contributed by atoms with E-state index >= 15 is 0 Å². The van der Waals surface area contributed by atoms with Gasteiger partial charge in [-0.25, -0.2) is 0 Å². The topological polar surface area (TPSA) is 79.0 Å². The van der Waals surface area contributed by atoms with E-state index in [1.165, 1.54) is 5.56 Å². The first kappa shape index (κ1) is 24.8. The van der Waals surface area contributed by atoms with Gasteiger partial charge in [-0.2, -0.15) is 0 Å². The molecule has 2 aliphatic rings. The van der Waals surface area contributed by atoms with Gasteiger partial charge in [0.25, 0.3) is 5.91 Å². The Morgan fingerprint density at radius 1 is 1.00 bits per heavy atom. The number of nitrogens with one attached hydrogen (secondary N) is 1. The highest BCUT2D eigenvalue weighted by atomic mass is 16.5. The molecule has 0 aromatic heterocycles. The molecule has 4 rings (SSSR count). The normalized spacial score (nSPS) is 22.2. The van der Waals surface area contributed by atoms with Crippen LogP contribution in [-0.2, 0) is 20.8 Å². The SMILES string of the molecule is C[C@@H]1CCC[C@@H](C)N1C(=O)COc1ccc(N2C[C@H](C(=O)NCCc3ccccc3)CC2=O)cc1. The molecule has 7 heteroatoms. The second-order valence-electron chi connectivity index (χ2n) is 9.64. The van der Waals surface area contributed by atoms with Crippen molar-refractivity contribution in [2.45, 2.75) is 58.0 Å². The summed E-state index contributed by atoms with van der Waals surface area (Å²) >= 11 is 0. The second-order valence-corrected chi connectivity index (χ2v) is 9.64. The number of amides is 3. The number of piperidine rings is 1. The van der Waals surface area contributed by atoms with Gasteiger partial charge in [0.15, 0.2) is 6.61 Å². The Morgan fingerprint density at radius 3 is 2.37 bits per heavy atom. The van der Waals surface area contributed by atoms with Crippen molar-refractivity contribution in [3.8, 4) is 5.75 Å². The Balaban J connectivity index is 1.26. The van der Waals surface area contributed by atoms with Crippen LogP contribution in [0.2, 0.25) is 0 Å². The average molecular weight is 478 g/mol. The molecule has 1 N–H and O–H groups in total. The zero-order chi connectivity index (χ0) is 24.8. The number of ether oxygens (including phenoxy) is 1. The minimum atomic E-state index is -0.361. The molecule has 2 saturated heterocycles. The number of carbonyl (C=O) groups is 3. The fourth-order valence-electron chi connectivity index (χ4n) is 5.11. The molecule has 0 unspecified atom stereocenters. The molecule has 2 aromatic rings. The van der Waals surface area contributed by atoms with Crippen LogP contribution >= 0.6 is 0 Å². The van der Waals surface area contributed by atoms with E-state index in [0.717, 1.165) is 31.4 Å². The predicted octanol–water partition coefficient (Wildman–Crippen LogP) is 3.57. The summed E-state index contributed by atoms with van der Waals surface area (Å²) in [5.41, 5.74) is 1.90. The molecule has 186 valence electrons. The Bertz CT molecular complexity index is 1010. The van der Waals surface area contributed by atoms with Gasteiger partial charge in [-0.15, -0.1) is 0 Å². The monoisotopic (exact) mass is 477 g/mol. The average Bonchev–Trinajstić information content (AvgIpc) is 3.25. The van der Waals surface area contributed by atoms with Gasteiger partial charge in [-0.1, -0.05) is 30.3 Å². The maximum atomic E-state index is 12.7. The van der Waals surface area contributed by atoms with Gasteiger partial charge in [0.2, 0.25) is 11.8 Å². The number of anilines is 1. The van der Waals surface area contributed by atoms with Crippen LogP contribution in [-0.4, -0.2) is 54.4 Å². The van der Waals surface area contributed by atoms with Crippen molar-refractivity contribution >= 4 is 23.4 Å². The van der Waals surface area contributed by atoms with E-state index in [1.807, 2.05) is 35.2 Å². The standard InChI is InChI=1S/C28H35N3O4/c1-20-7-6-8-21(2)31(20)27(33)19-35-25-13-11-24(12-14-25)30-18-23(17-26(30)32)28(34)29-16-15-22-9-4-3-5-10-22/h3-5,9-14,20-21,23H,6-8,15-19H2,1-2H3,(H,29,34)/t20-,21-,23-/m1/s1. The summed E-state index contributed by atoms with van der Waals surface area (Å²) in [5.74, 6) is 0.0766. The molecular weight excluding hydrogens is 442 g/mol. The highest BCUT2D eigenvalue weighted by Crippen LogP contribution is 2.27. The van der Waals surface area contributed by atoms with Crippen molar-refractivity contribution in [2.75, 3.05) is 24.6 Å². The molecule has 3 amide bonds. The third-order valence-electron chi connectivity index (χ3n) is 7.04.